The Labute approximate surface area is 125 Å². The Balaban J connectivity index is 1.58. The third-order valence-corrected chi connectivity index (χ3v) is 4.21. The summed E-state index contributed by atoms with van der Waals surface area (Å²) >= 11 is 0. The molecule has 0 atom stereocenters. The average molecular weight is 289 g/mol. The molecular formula is C15H23N5O. The van der Waals surface area contributed by atoms with Gasteiger partial charge in [0.2, 0.25) is 0 Å². The van der Waals surface area contributed by atoms with Crippen LogP contribution in [0.2, 0.25) is 0 Å². The largest absolute Gasteiger partial charge is 0.368 e. The Bertz CT molecular complexity index is 495. The standard InChI is InChI=1S/C15H23N5O/c1-2-17-15(21)14-9-12(3-4-18-14)20-10-13(11-20)19-7-5-16-6-8-19/h3-4,9,13,16H,2,5-8,10-11H2,1H3,(H,17,21). The summed E-state index contributed by atoms with van der Waals surface area (Å²) in [5, 5.41) is 6.17. The summed E-state index contributed by atoms with van der Waals surface area (Å²) in [4.78, 5) is 20.9. The first-order chi connectivity index (χ1) is 10.3. The highest BCUT2D eigenvalue weighted by atomic mass is 16.1. The molecule has 1 amide bonds. The van der Waals surface area contributed by atoms with Crippen LogP contribution in [0.5, 0.6) is 0 Å². The molecule has 0 bridgehead atoms. The van der Waals surface area contributed by atoms with E-state index in [9.17, 15) is 4.79 Å². The Hall–Kier alpha value is -1.66. The number of carbonyl (C=O) groups is 1. The quantitative estimate of drug-likeness (QED) is 0.812. The molecule has 0 aliphatic carbocycles. The Kier molecular flexibility index (Phi) is 4.36. The molecule has 1 aromatic rings. The van der Waals surface area contributed by atoms with Crippen LogP contribution in [0.25, 0.3) is 0 Å². The third-order valence-electron chi connectivity index (χ3n) is 4.21. The van der Waals surface area contributed by atoms with Gasteiger partial charge in [-0.2, -0.15) is 0 Å². The van der Waals surface area contributed by atoms with Crippen LogP contribution in [-0.4, -0.2) is 67.6 Å². The summed E-state index contributed by atoms with van der Waals surface area (Å²) in [6, 6.07) is 4.52. The molecule has 0 radical (unpaired) electrons. The highest BCUT2D eigenvalue weighted by Gasteiger charge is 2.32. The minimum Gasteiger partial charge on any atom is -0.368 e. The zero-order valence-corrected chi connectivity index (χ0v) is 12.5. The molecule has 3 rings (SSSR count). The first-order valence-corrected chi connectivity index (χ1v) is 7.72. The SMILES string of the molecule is CCNC(=O)c1cc(N2CC(N3CCNCC3)C2)ccn1. The van der Waals surface area contributed by atoms with Crippen LogP contribution in [-0.2, 0) is 0 Å². The second kappa shape index (κ2) is 6.41. The molecule has 6 heteroatoms. The molecular weight excluding hydrogens is 266 g/mol. The molecule has 0 spiro atoms. The molecule has 2 N–H and O–H groups in total. The van der Waals surface area contributed by atoms with Crippen LogP contribution in [0.1, 0.15) is 17.4 Å². The zero-order valence-electron chi connectivity index (χ0n) is 12.5. The predicted octanol–water partition coefficient (Wildman–Crippen LogP) is -0.0749. The lowest BCUT2D eigenvalue weighted by Crippen LogP contribution is -2.62. The number of nitrogens with zero attached hydrogens (tertiary/aromatic N) is 3. The number of rotatable bonds is 4. The monoisotopic (exact) mass is 289 g/mol. The van der Waals surface area contributed by atoms with Gasteiger partial charge >= 0.3 is 0 Å². The first-order valence-electron chi connectivity index (χ1n) is 7.72. The molecule has 1 aromatic heterocycles. The van der Waals surface area contributed by atoms with Crippen molar-refractivity contribution in [3.05, 3.63) is 24.0 Å². The fourth-order valence-corrected chi connectivity index (χ4v) is 2.94. The summed E-state index contributed by atoms with van der Waals surface area (Å²) in [7, 11) is 0. The van der Waals surface area contributed by atoms with Crippen molar-refractivity contribution >= 4 is 11.6 Å². The van der Waals surface area contributed by atoms with E-state index in [-0.39, 0.29) is 5.91 Å². The average Bonchev–Trinajstić information content (AvgIpc) is 2.47. The number of piperazine rings is 1. The van der Waals surface area contributed by atoms with Gasteiger partial charge in [0.05, 0.1) is 0 Å². The van der Waals surface area contributed by atoms with Gasteiger partial charge in [-0.25, -0.2) is 0 Å². The van der Waals surface area contributed by atoms with Gasteiger partial charge in [-0.05, 0) is 19.1 Å². The van der Waals surface area contributed by atoms with E-state index in [0.717, 1.165) is 45.0 Å². The fraction of sp³-hybridized carbons (Fsp3) is 0.600. The number of pyridine rings is 1. The van der Waals surface area contributed by atoms with Crippen molar-refractivity contribution in [3.8, 4) is 0 Å². The third kappa shape index (κ3) is 3.16. The highest BCUT2D eigenvalue weighted by molar-refractivity contribution is 5.93. The normalized spacial score (nSPS) is 20.1. The van der Waals surface area contributed by atoms with E-state index in [2.05, 4.69) is 25.4 Å². The molecule has 0 aromatic carbocycles. The number of hydrogen-bond donors (Lipinski definition) is 2. The van der Waals surface area contributed by atoms with Crippen LogP contribution in [0.15, 0.2) is 18.3 Å². The summed E-state index contributed by atoms with van der Waals surface area (Å²) in [6.07, 6.45) is 1.72. The minimum atomic E-state index is -0.0986. The molecule has 2 aliphatic rings. The van der Waals surface area contributed by atoms with E-state index >= 15 is 0 Å². The van der Waals surface area contributed by atoms with Crippen molar-refractivity contribution < 1.29 is 4.79 Å². The molecule has 0 unspecified atom stereocenters. The first kappa shape index (κ1) is 14.3. The molecule has 0 saturated carbocycles. The second-order valence-corrected chi connectivity index (χ2v) is 5.60. The molecule has 2 fully saturated rings. The van der Waals surface area contributed by atoms with Crippen molar-refractivity contribution in [1.29, 1.82) is 0 Å². The van der Waals surface area contributed by atoms with Crippen LogP contribution < -0.4 is 15.5 Å². The van der Waals surface area contributed by atoms with E-state index < -0.39 is 0 Å². The van der Waals surface area contributed by atoms with Gasteiger partial charge in [-0.1, -0.05) is 0 Å². The van der Waals surface area contributed by atoms with Crippen LogP contribution in [0, 0.1) is 0 Å². The summed E-state index contributed by atoms with van der Waals surface area (Å²) in [5.74, 6) is -0.0986. The molecule has 2 saturated heterocycles. The van der Waals surface area contributed by atoms with Crippen molar-refractivity contribution in [2.75, 3.05) is 50.7 Å². The van der Waals surface area contributed by atoms with Crippen molar-refractivity contribution in [1.82, 2.24) is 20.5 Å². The number of aromatic nitrogens is 1. The molecule has 6 nitrogen and oxygen atoms in total. The van der Waals surface area contributed by atoms with E-state index in [1.54, 1.807) is 6.20 Å². The van der Waals surface area contributed by atoms with Crippen molar-refractivity contribution in [2.45, 2.75) is 13.0 Å². The van der Waals surface area contributed by atoms with Crippen LogP contribution in [0.4, 0.5) is 5.69 Å². The number of hydrogen-bond acceptors (Lipinski definition) is 5. The predicted molar refractivity (Wildman–Crippen MR) is 82.7 cm³/mol. The lowest BCUT2D eigenvalue weighted by Gasteiger charge is -2.48. The molecule has 3 heterocycles. The lowest BCUT2D eigenvalue weighted by atomic mass is 10.0. The van der Waals surface area contributed by atoms with Gasteiger partial charge < -0.3 is 15.5 Å². The highest BCUT2D eigenvalue weighted by Crippen LogP contribution is 2.24. The number of nitrogens with one attached hydrogen (secondary N) is 2. The topological polar surface area (TPSA) is 60.5 Å². The maximum Gasteiger partial charge on any atom is 0.269 e. The van der Waals surface area contributed by atoms with Crippen molar-refractivity contribution in [2.24, 2.45) is 0 Å². The number of anilines is 1. The van der Waals surface area contributed by atoms with Crippen molar-refractivity contribution in [3.63, 3.8) is 0 Å². The maximum atomic E-state index is 11.8. The van der Waals surface area contributed by atoms with Gasteiger partial charge in [0.15, 0.2) is 0 Å². The fourth-order valence-electron chi connectivity index (χ4n) is 2.94. The van der Waals surface area contributed by atoms with Gasteiger partial charge in [-0.3, -0.25) is 14.7 Å². The smallest absolute Gasteiger partial charge is 0.269 e. The van der Waals surface area contributed by atoms with Gasteiger partial charge in [0.1, 0.15) is 5.69 Å². The Morgan fingerprint density at radius 3 is 2.90 bits per heavy atom. The Morgan fingerprint density at radius 1 is 1.43 bits per heavy atom. The van der Waals surface area contributed by atoms with Gasteiger partial charge in [-0.15, -0.1) is 0 Å². The molecule has 114 valence electrons. The summed E-state index contributed by atoms with van der Waals surface area (Å²) < 4.78 is 0. The molecule has 21 heavy (non-hydrogen) atoms. The lowest BCUT2D eigenvalue weighted by molar-refractivity contribution is 0.0951. The van der Waals surface area contributed by atoms with E-state index in [4.69, 9.17) is 0 Å². The summed E-state index contributed by atoms with van der Waals surface area (Å²) in [5.41, 5.74) is 1.60. The van der Waals surface area contributed by atoms with E-state index in [1.165, 1.54) is 0 Å². The van der Waals surface area contributed by atoms with E-state index in [1.807, 2.05) is 19.1 Å². The zero-order chi connectivity index (χ0) is 14.7. The second-order valence-electron chi connectivity index (χ2n) is 5.60. The number of amides is 1. The van der Waals surface area contributed by atoms with Crippen LogP contribution >= 0.6 is 0 Å². The van der Waals surface area contributed by atoms with Crippen LogP contribution in [0.3, 0.4) is 0 Å². The van der Waals surface area contributed by atoms with Gasteiger partial charge in [0, 0.05) is 63.7 Å². The van der Waals surface area contributed by atoms with E-state index in [0.29, 0.717) is 18.3 Å². The number of carbonyl (C=O) groups excluding carboxylic acids is 1. The maximum absolute atomic E-state index is 11.8. The minimum absolute atomic E-state index is 0.0986. The molecule has 2 aliphatic heterocycles. The summed E-state index contributed by atoms with van der Waals surface area (Å²) in [6.45, 7) is 9.07. The van der Waals surface area contributed by atoms with Gasteiger partial charge in [0.25, 0.3) is 5.91 Å². The Morgan fingerprint density at radius 2 is 2.19 bits per heavy atom.